The number of hydrogen-bond donors (Lipinski definition) is 2. The Kier molecular flexibility index (Phi) is 7.48. The van der Waals surface area contributed by atoms with Crippen LogP contribution in [0.1, 0.15) is 50.2 Å². The van der Waals surface area contributed by atoms with Crippen molar-refractivity contribution in [2.24, 2.45) is 16.9 Å². The predicted molar refractivity (Wildman–Crippen MR) is 106 cm³/mol. The summed E-state index contributed by atoms with van der Waals surface area (Å²) in [5, 5.41) is 14.4. The number of carboxylic acid groups (broad SMARTS) is 1. The molecule has 3 atom stereocenters. The molecule has 1 aliphatic carbocycles. The standard InChI is InChI=1S/C21H27N3O5/c25-14-19(16-8-2-1-3-9-16)29-23-13-17(12-15-6-4-5-7-15)20(26)24-18(21(27)28)10-11-22-24/h1-3,8-9,11,14-15,17-19,23H,4-7,10,12-13H2,(H,27,28)/t17-,18+,19?/m1/s1. The molecule has 0 saturated heterocycles. The number of rotatable bonds is 10. The Morgan fingerprint density at radius 2 is 2.00 bits per heavy atom. The second-order valence-corrected chi connectivity index (χ2v) is 7.59. The van der Waals surface area contributed by atoms with Gasteiger partial charge in [0.2, 0.25) is 5.91 Å². The highest BCUT2D eigenvalue weighted by Gasteiger charge is 2.37. The number of nitrogens with one attached hydrogen (secondary N) is 1. The van der Waals surface area contributed by atoms with Crippen molar-refractivity contribution in [2.75, 3.05) is 6.54 Å². The van der Waals surface area contributed by atoms with Crippen molar-refractivity contribution < 1.29 is 24.3 Å². The monoisotopic (exact) mass is 401 g/mol. The molecule has 8 nitrogen and oxygen atoms in total. The number of hydrogen-bond acceptors (Lipinski definition) is 6. The van der Waals surface area contributed by atoms with Gasteiger partial charge in [0, 0.05) is 19.2 Å². The van der Waals surface area contributed by atoms with Crippen molar-refractivity contribution >= 4 is 24.4 Å². The van der Waals surface area contributed by atoms with Gasteiger partial charge in [-0.3, -0.25) is 14.4 Å². The van der Waals surface area contributed by atoms with Crippen LogP contribution in [0.4, 0.5) is 0 Å². The van der Waals surface area contributed by atoms with Crippen LogP contribution in [0, 0.1) is 11.8 Å². The summed E-state index contributed by atoms with van der Waals surface area (Å²) < 4.78 is 0. The lowest BCUT2D eigenvalue weighted by Crippen LogP contribution is -2.44. The fourth-order valence-electron chi connectivity index (χ4n) is 3.99. The third-order valence-corrected chi connectivity index (χ3v) is 5.57. The molecular formula is C21H27N3O5. The Balaban J connectivity index is 1.63. The zero-order valence-electron chi connectivity index (χ0n) is 16.3. The van der Waals surface area contributed by atoms with E-state index in [1.165, 1.54) is 6.21 Å². The maximum absolute atomic E-state index is 13.0. The first-order valence-corrected chi connectivity index (χ1v) is 10.1. The Hall–Kier alpha value is -2.58. The van der Waals surface area contributed by atoms with E-state index in [1.807, 2.05) is 18.2 Å². The Bertz CT molecular complexity index is 733. The highest BCUT2D eigenvalue weighted by Crippen LogP contribution is 2.31. The molecule has 29 heavy (non-hydrogen) atoms. The maximum atomic E-state index is 13.0. The first-order valence-electron chi connectivity index (χ1n) is 10.1. The summed E-state index contributed by atoms with van der Waals surface area (Å²) in [4.78, 5) is 41.4. The molecule has 1 aromatic carbocycles. The van der Waals surface area contributed by atoms with Crippen LogP contribution >= 0.6 is 0 Å². The molecule has 2 aliphatic rings. The minimum Gasteiger partial charge on any atom is -0.480 e. The third kappa shape index (κ3) is 5.48. The summed E-state index contributed by atoms with van der Waals surface area (Å²) in [5.41, 5.74) is 3.49. The van der Waals surface area contributed by atoms with Crippen molar-refractivity contribution in [1.82, 2.24) is 10.5 Å². The number of hydroxylamine groups is 1. The van der Waals surface area contributed by atoms with E-state index < -0.39 is 24.0 Å². The Morgan fingerprint density at radius 3 is 2.66 bits per heavy atom. The molecule has 0 bridgehead atoms. The van der Waals surface area contributed by atoms with Gasteiger partial charge in [-0.25, -0.2) is 15.3 Å². The minimum absolute atomic E-state index is 0.185. The Labute approximate surface area is 169 Å². The van der Waals surface area contributed by atoms with Gasteiger partial charge in [-0.05, 0) is 17.9 Å². The molecule has 2 N–H and O–H groups in total. The number of aliphatic carboxylic acids is 1. The van der Waals surface area contributed by atoms with Gasteiger partial charge in [-0.15, -0.1) is 0 Å². The van der Waals surface area contributed by atoms with E-state index in [-0.39, 0.29) is 18.9 Å². The number of carboxylic acids is 1. The molecule has 0 spiro atoms. The highest BCUT2D eigenvalue weighted by molar-refractivity contribution is 5.89. The molecule has 1 saturated carbocycles. The van der Waals surface area contributed by atoms with Gasteiger partial charge >= 0.3 is 5.97 Å². The van der Waals surface area contributed by atoms with Gasteiger partial charge in [0.05, 0.1) is 5.92 Å². The molecule has 0 aromatic heterocycles. The van der Waals surface area contributed by atoms with Gasteiger partial charge in [-0.2, -0.15) is 5.10 Å². The molecule has 1 aliphatic heterocycles. The first kappa shape index (κ1) is 21.1. The smallest absolute Gasteiger partial charge is 0.329 e. The zero-order valence-corrected chi connectivity index (χ0v) is 16.3. The largest absolute Gasteiger partial charge is 0.480 e. The molecule has 8 heteroatoms. The lowest BCUT2D eigenvalue weighted by molar-refractivity contribution is -0.152. The highest BCUT2D eigenvalue weighted by atomic mass is 16.7. The van der Waals surface area contributed by atoms with Gasteiger partial charge < -0.3 is 5.11 Å². The number of aldehydes is 1. The first-order chi connectivity index (χ1) is 14.1. The molecule has 1 fully saturated rings. The summed E-state index contributed by atoms with van der Waals surface area (Å²) in [5.74, 6) is -1.43. The van der Waals surface area contributed by atoms with E-state index in [9.17, 15) is 19.5 Å². The molecule has 0 radical (unpaired) electrons. The molecule has 1 unspecified atom stereocenters. The van der Waals surface area contributed by atoms with Crippen molar-refractivity contribution in [3.05, 3.63) is 35.9 Å². The second kappa shape index (κ2) is 10.3. The van der Waals surface area contributed by atoms with E-state index in [0.717, 1.165) is 30.7 Å². The second-order valence-electron chi connectivity index (χ2n) is 7.59. The lowest BCUT2D eigenvalue weighted by Gasteiger charge is -2.26. The van der Waals surface area contributed by atoms with Crippen LogP contribution in [0.3, 0.4) is 0 Å². The van der Waals surface area contributed by atoms with Crippen LogP contribution in [0.25, 0.3) is 0 Å². The van der Waals surface area contributed by atoms with Crippen molar-refractivity contribution in [1.29, 1.82) is 0 Å². The molecule has 3 rings (SSSR count). The predicted octanol–water partition coefficient (Wildman–Crippen LogP) is 2.32. The van der Waals surface area contributed by atoms with Crippen LogP contribution in [0.2, 0.25) is 0 Å². The van der Waals surface area contributed by atoms with E-state index in [4.69, 9.17) is 4.84 Å². The lowest BCUT2D eigenvalue weighted by atomic mass is 9.92. The van der Waals surface area contributed by atoms with Gasteiger partial charge in [0.1, 0.15) is 0 Å². The number of nitrogens with zero attached hydrogens (tertiary/aromatic N) is 2. The van der Waals surface area contributed by atoms with E-state index >= 15 is 0 Å². The number of hydrazone groups is 1. The number of benzene rings is 1. The molecule has 1 aromatic rings. The van der Waals surface area contributed by atoms with E-state index in [2.05, 4.69) is 10.6 Å². The van der Waals surface area contributed by atoms with Crippen LogP contribution < -0.4 is 5.48 Å². The number of carbonyl (C=O) groups is 3. The quantitative estimate of drug-likeness (QED) is 0.460. The third-order valence-electron chi connectivity index (χ3n) is 5.57. The fourth-order valence-corrected chi connectivity index (χ4v) is 3.99. The Morgan fingerprint density at radius 1 is 1.28 bits per heavy atom. The molecular weight excluding hydrogens is 374 g/mol. The molecule has 156 valence electrons. The minimum atomic E-state index is -1.07. The van der Waals surface area contributed by atoms with Crippen LogP contribution in [0.15, 0.2) is 35.4 Å². The van der Waals surface area contributed by atoms with E-state index in [0.29, 0.717) is 24.2 Å². The average molecular weight is 401 g/mol. The van der Waals surface area contributed by atoms with Gasteiger partial charge in [0.25, 0.3) is 0 Å². The van der Waals surface area contributed by atoms with E-state index in [1.54, 1.807) is 12.1 Å². The van der Waals surface area contributed by atoms with Crippen LogP contribution in [0.5, 0.6) is 0 Å². The summed E-state index contributed by atoms with van der Waals surface area (Å²) in [6, 6.07) is 8.11. The molecule has 1 amide bonds. The van der Waals surface area contributed by atoms with Crippen molar-refractivity contribution in [3.63, 3.8) is 0 Å². The molecule has 1 heterocycles. The fraction of sp³-hybridized carbons (Fsp3) is 0.524. The summed E-state index contributed by atoms with van der Waals surface area (Å²) in [6.45, 7) is 0.185. The summed E-state index contributed by atoms with van der Waals surface area (Å²) in [7, 11) is 0. The van der Waals surface area contributed by atoms with Gasteiger partial charge in [-0.1, -0.05) is 56.0 Å². The maximum Gasteiger partial charge on any atom is 0.329 e. The van der Waals surface area contributed by atoms with Crippen molar-refractivity contribution in [3.8, 4) is 0 Å². The van der Waals surface area contributed by atoms with Gasteiger partial charge in [0.15, 0.2) is 18.4 Å². The average Bonchev–Trinajstić information content (AvgIpc) is 3.42. The summed E-state index contributed by atoms with van der Waals surface area (Å²) >= 11 is 0. The summed E-state index contributed by atoms with van der Waals surface area (Å²) in [6.07, 6.45) is 6.66. The topological polar surface area (TPSA) is 108 Å². The SMILES string of the molecule is O=CC(ONC[C@@H](CC1CCCC1)C(=O)N1N=CC[C@H]1C(=O)O)c1ccccc1. The number of carbonyl (C=O) groups excluding carboxylic acids is 2. The zero-order chi connectivity index (χ0) is 20.6. The van der Waals surface area contributed by atoms with Crippen molar-refractivity contribution in [2.45, 2.75) is 50.7 Å². The number of amides is 1. The van der Waals surface area contributed by atoms with Crippen LogP contribution in [-0.4, -0.2) is 47.1 Å². The van der Waals surface area contributed by atoms with Crippen LogP contribution in [-0.2, 0) is 19.2 Å². The normalized spacial score (nSPS) is 21.2.